The number of aliphatic hydroxyl groups excluding tert-OH is 1. The third-order valence-electron chi connectivity index (χ3n) is 7.64. The van der Waals surface area contributed by atoms with Crippen molar-refractivity contribution in [2.24, 2.45) is 0 Å². The Morgan fingerprint density at radius 2 is 1.44 bits per heavy atom. The van der Waals surface area contributed by atoms with Crippen LogP contribution in [-0.2, 0) is 6.42 Å². The first kappa shape index (κ1) is 24.8. The first-order chi connectivity index (χ1) is 18.7. The maximum Gasteiger partial charge on any atom is 0.150 e. The molecule has 4 atom stereocenters. The number of fused-ring (bicyclic) bond motifs is 2. The zero-order valence-corrected chi connectivity index (χ0v) is 21.1. The lowest BCUT2D eigenvalue weighted by Gasteiger charge is -2.37. The van der Waals surface area contributed by atoms with Gasteiger partial charge in [0.2, 0.25) is 0 Å². The lowest BCUT2D eigenvalue weighted by atomic mass is 9.79. The molecule has 2 aliphatic rings. The predicted molar refractivity (Wildman–Crippen MR) is 142 cm³/mol. The van der Waals surface area contributed by atoms with Crippen molar-refractivity contribution in [3.63, 3.8) is 0 Å². The number of hydrogen-bond donors (Lipinski definition) is 6. The molecule has 2 aliphatic heterocycles. The number of phenols is 5. The molecule has 4 aromatic rings. The molecule has 8 nitrogen and oxygen atoms in total. The van der Waals surface area contributed by atoms with Gasteiger partial charge in [0.05, 0.1) is 6.10 Å². The number of aliphatic hydroxyl groups is 1. The first-order valence-electron chi connectivity index (χ1n) is 12.7. The average molecular weight is 529 g/mol. The Morgan fingerprint density at radius 3 is 2.18 bits per heavy atom. The predicted octanol–water partition coefficient (Wildman–Crippen LogP) is 5.22. The molecule has 6 N–H and O–H groups in total. The van der Waals surface area contributed by atoms with E-state index >= 15 is 0 Å². The minimum Gasteiger partial charge on any atom is -0.508 e. The highest BCUT2D eigenvalue weighted by atomic mass is 16.5. The summed E-state index contributed by atoms with van der Waals surface area (Å²) in [5.41, 5.74) is 3.62. The molecule has 0 unspecified atom stereocenters. The topological polar surface area (TPSA) is 140 Å². The monoisotopic (exact) mass is 528 g/mol. The Hall–Kier alpha value is -4.56. The van der Waals surface area contributed by atoms with Gasteiger partial charge in [-0.1, -0.05) is 24.3 Å². The number of benzene rings is 4. The van der Waals surface area contributed by atoms with Crippen LogP contribution in [0.15, 0.2) is 66.7 Å². The van der Waals surface area contributed by atoms with Gasteiger partial charge in [0.1, 0.15) is 52.5 Å². The molecule has 39 heavy (non-hydrogen) atoms. The van der Waals surface area contributed by atoms with E-state index in [1.807, 2.05) is 0 Å². The Kier molecular flexibility index (Phi) is 5.92. The molecule has 6 rings (SSSR count). The molecule has 4 aromatic carbocycles. The third kappa shape index (κ3) is 4.32. The van der Waals surface area contributed by atoms with Crippen LogP contribution in [0.2, 0.25) is 0 Å². The standard InChI is InChI=1S/C31H28O8/c1-15-10-17(4-9-23(15)34)30-26(37)12-22-24(35)14-25(36)29(31(22)39-30)21-13-27(16-2-5-18(32)6-3-16)38-28-11-19(33)7-8-20(21)28/h2-11,14,21,26-27,30,32-37H,12-13H2,1H3/t21-,26-,27-,30+/m0/s1. The molecule has 0 saturated heterocycles. The number of hydrogen-bond acceptors (Lipinski definition) is 8. The molecule has 0 aliphatic carbocycles. The van der Waals surface area contributed by atoms with Crippen molar-refractivity contribution >= 4 is 0 Å². The molecular weight excluding hydrogens is 500 g/mol. The van der Waals surface area contributed by atoms with Crippen LogP contribution >= 0.6 is 0 Å². The average Bonchev–Trinajstić information content (AvgIpc) is 2.90. The van der Waals surface area contributed by atoms with Gasteiger partial charge in [-0.15, -0.1) is 0 Å². The van der Waals surface area contributed by atoms with Crippen molar-refractivity contribution in [2.45, 2.75) is 44.0 Å². The van der Waals surface area contributed by atoms with Gasteiger partial charge >= 0.3 is 0 Å². The summed E-state index contributed by atoms with van der Waals surface area (Å²) in [6.07, 6.45) is -1.77. The highest BCUT2D eigenvalue weighted by Gasteiger charge is 2.40. The number of phenolic OH excluding ortho intramolecular Hbond substituents is 5. The fourth-order valence-corrected chi connectivity index (χ4v) is 5.65. The number of aromatic hydroxyl groups is 5. The van der Waals surface area contributed by atoms with Crippen molar-refractivity contribution in [3.8, 4) is 40.2 Å². The van der Waals surface area contributed by atoms with Gasteiger partial charge in [0, 0.05) is 41.2 Å². The summed E-state index contributed by atoms with van der Waals surface area (Å²) >= 11 is 0. The summed E-state index contributed by atoms with van der Waals surface area (Å²) < 4.78 is 12.6. The second-order valence-corrected chi connectivity index (χ2v) is 10.2. The van der Waals surface area contributed by atoms with Crippen molar-refractivity contribution < 1.29 is 40.1 Å². The van der Waals surface area contributed by atoms with Gasteiger partial charge in [0.25, 0.3) is 0 Å². The molecule has 0 amide bonds. The summed E-state index contributed by atoms with van der Waals surface area (Å²) in [7, 11) is 0. The largest absolute Gasteiger partial charge is 0.508 e. The van der Waals surface area contributed by atoms with Gasteiger partial charge in [-0.2, -0.15) is 0 Å². The highest BCUT2D eigenvalue weighted by Crippen LogP contribution is 2.55. The number of rotatable bonds is 3. The van der Waals surface area contributed by atoms with E-state index in [4.69, 9.17) is 9.47 Å². The molecule has 2 heterocycles. The van der Waals surface area contributed by atoms with E-state index in [0.29, 0.717) is 34.4 Å². The summed E-state index contributed by atoms with van der Waals surface area (Å²) in [4.78, 5) is 0. The molecule has 0 spiro atoms. The molecule has 0 fully saturated rings. The minimum atomic E-state index is -0.978. The van der Waals surface area contributed by atoms with Crippen LogP contribution in [0.25, 0.3) is 0 Å². The Morgan fingerprint density at radius 1 is 0.718 bits per heavy atom. The zero-order valence-electron chi connectivity index (χ0n) is 21.1. The van der Waals surface area contributed by atoms with Crippen molar-refractivity contribution in [3.05, 3.63) is 100 Å². The van der Waals surface area contributed by atoms with Crippen LogP contribution in [0.3, 0.4) is 0 Å². The smallest absolute Gasteiger partial charge is 0.150 e. The fraction of sp³-hybridized carbons (Fsp3) is 0.226. The number of aryl methyl sites for hydroxylation is 1. The Labute approximate surface area is 224 Å². The summed E-state index contributed by atoms with van der Waals surface area (Å²) in [6, 6.07) is 17.7. The van der Waals surface area contributed by atoms with Gasteiger partial charge in [0.15, 0.2) is 0 Å². The minimum absolute atomic E-state index is 0.0259. The van der Waals surface area contributed by atoms with E-state index in [1.54, 1.807) is 61.5 Å². The van der Waals surface area contributed by atoms with Gasteiger partial charge < -0.3 is 40.1 Å². The number of ether oxygens (including phenoxy) is 2. The second kappa shape index (κ2) is 9.32. The van der Waals surface area contributed by atoms with Crippen LogP contribution in [0.1, 0.15) is 57.9 Å². The van der Waals surface area contributed by atoms with Crippen molar-refractivity contribution in [1.82, 2.24) is 0 Å². The first-order valence-corrected chi connectivity index (χ1v) is 12.7. The van der Waals surface area contributed by atoms with Crippen molar-refractivity contribution in [1.29, 1.82) is 0 Å². The summed E-state index contributed by atoms with van der Waals surface area (Å²) in [5.74, 6) is 0.186. The van der Waals surface area contributed by atoms with Crippen LogP contribution in [-0.4, -0.2) is 36.7 Å². The summed E-state index contributed by atoms with van der Waals surface area (Å²) in [5, 5.41) is 62.9. The van der Waals surface area contributed by atoms with E-state index in [1.165, 1.54) is 12.1 Å². The van der Waals surface area contributed by atoms with Gasteiger partial charge in [-0.05, 0) is 60.4 Å². The van der Waals surface area contributed by atoms with E-state index in [-0.39, 0.29) is 40.9 Å². The normalized spacial score (nSPS) is 21.8. The van der Waals surface area contributed by atoms with Crippen LogP contribution in [0.4, 0.5) is 0 Å². The Bertz CT molecular complexity index is 1560. The van der Waals surface area contributed by atoms with Crippen molar-refractivity contribution in [2.75, 3.05) is 0 Å². The molecule has 8 heteroatoms. The van der Waals surface area contributed by atoms with Gasteiger partial charge in [-0.25, -0.2) is 0 Å². The van der Waals surface area contributed by atoms with E-state index < -0.39 is 24.2 Å². The van der Waals surface area contributed by atoms with Gasteiger partial charge in [-0.3, -0.25) is 0 Å². The maximum absolute atomic E-state index is 11.2. The Balaban J connectivity index is 1.49. The quantitative estimate of drug-likeness (QED) is 0.213. The lowest BCUT2D eigenvalue weighted by molar-refractivity contribution is 0.0185. The molecular formula is C31H28O8. The lowest BCUT2D eigenvalue weighted by Crippen LogP contribution is -2.31. The SMILES string of the molecule is Cc1cc([C@H]2Oc3c(c(O)cc(O)c3[C@H]3C[C@@H](c4ccc(O)cc4)Oc4cc(O)ccc43)C[C@@H]2O)ccc1O. The maximum atomic E-state index is 11.2. The van der Waals surface area contributed by atoms with E-state index in [9.17, 15) is 30.6 Å². The molecule has 0 bridgehead atoms. The molecule has 0 saturated carbocycles. The summed E-state index contributed by atoms with van der Waals surface area (Å²) in [6.45, 7) is 1.75. The molecule has 200 valence electrons. The van der Waals surface area contributed by atoms with Crippen LogP contribution < -0.4 is 9.47 Å². The molecule has 0 radical (unpaired) electrons. The van der Waals surface area contributed by atoms with Crippen LogP contribution in [0, 0.1) is 6.92 Å². The second-order valence-electron chi connectivity index (χ2n) is 10.2. The highest BCUT2D eigenvalue weighted by molar-refractivity contribution is 5.63. The third-order valence-corrected chi connectivity index (χ3v) is 7.64. The van der Waals surface area contributed by atoms with E-state index in [2.05, 4.69) is 0 Å². The fourth-order valence-electron chi connectivity index (χ4n) is 5.65. The zero-order chi connectivity index (χ0) is 27.4. The van der Waals surface area contributed by atoms with E-state index in [0.717, 1.165) is 11.1 Å². The molecule has 0 aromatic heterocycles. The van der Waals surface area contributed by atoms with Crippen LogP contribution in [0.5, 0.6) is 40.2 Å².